The van der Waals surface area contributed by atoms with Crippen molar-refractivity contribution in [3.63, 3.8) is 0 Å². The van der Waals surface area contributed by atoms with Gasteiger partial charge in [0.1, 0.15) is 5.60 Å². The zero-order valence-electron chi connectivity index (χ0n) is 9.71. The van der Waals surface area contributed by atoms with Gasteiger partial charge in [0.2, 0.25) is 0 Å². The number of hydrogen-bond acceptors (Lipinski definition) is 2. The van der Waals surface area contributed by atoms with Crippen molar-refractivity contribution in [3.8, 4) is 0 Å². The molecule has 0 aliphatic rings. The van der Waals surface area contributed by atoms with Gasteiger partial charge in [-0.1, -0.05) is 30.3 Å². The Kier molecular flexibility index (Phi) is 3.76. The van der Waals surface area contributed by atoms with E-state index in [1.165, 1.54) is 0 Å². The SMILES string of the molecule is C=C(Cl)c1ccc(C(=O)OC(C)(C)C)cc1. The van der Waals surface area contributed by atoms with Crippen LogP contribution in [-0.4, -0.2) is 11.6 Å². The maximum Gasteiger partial charge on any atom is 0.338 e. The minimum Gasteiger partial charge on any atom is -0.456 e. The van der Waals surface area contributed by atoms with Crippen LogP contribution in [0, 0.1) is 0 Å². The highest BCUT2D eigenvalue weighted by Crippen LogP contribution is 2.18. The Morgan fingerprint density at radius 3 is 2.00 bits per heavy atom. The van der Waals surface area contributed by atoms with E-state index in [9.17, 15) is 4.79 Å². The van der Waals surface area contributed by atoms with E-state index in [2.05, 4.69) is 6.58 Å². The predicted molar refractivity (Wildman–Crippen MR) is 66.5 cm³/mol. The fourth-order valence-corrected chi connectivity index (χ4v) is 1.25. The Labute approximate surface area is 101 Å². The molecule has 1 aromatic carbocycles. The van der Waals surface area contributed by atoms with Gasteiger partial charge in [0.15, 0.2) is 0 Å². The lowest BCUT2D eigenvalue weighted by molar-refractivity contribution is 0.00696. The Morgan fingerprint density at radius 1 is 1.19 bits per heavy atom. The number of carbonyl (C=O) groups is 1. The van der Waals surface area contributed by atoms with Crippen LogP contribution in [0.3, 0.4) is 0 Å². The molecule has 0 bridgehead atoms. The molecule has 0 amide bonds. The van der Waals surface area contributed by atoms with Gasteiger partial charge in [0, 0.05) is 5.03 Å². The number of esters is 1. The van der Waals surface area contributed by atoms with Crippen LogP contribution in [0.2, 0.25) is 0 Å². The van der Waals surface area contributed by atoms with E-state index in [0.29, 0.717) is 10.6 Å². The van der Waals surface area contributed by atoms with Gasteiger partial charge in [-0.05, 0) is 38.5 Å². The third-order valence-electron chi connectivity index (χ3n) is 1.83. The van der Waals surface area contributed by atoms with Crippen LogP contribution in [0.25, 0.3) is 5.03 Å². The highest BCUT2D eigenvalue weighted by atomic mass is 35.5. The van der Waals surface area contributed by atoms with Gasteiger partial charge >= 0.3 is 5.97 Å². The van der Waals surface area contributed by atoms with Crippen molar-refractivity contribution in [2.75, 3.05) is 0 Å². The van der Waals surface area contributed by atoms with Crippen LogP contribution in [0.4, 0.5) is 0 Å². The van der Waals surface area contributed by atoms with Crippen molar-refractivity contribution in [1.82, 2.24) is 0 Å². The highest BCUT2D eigenvalue weighted by molar-refractivity contribution is 6.48. The maximum atomic E-state index is 11.7. The molecule has 16 heavy (non-hydrogen) atoms. The van der Waals surface area contributed by atoms with Crippen molar-refractivity contribution in [2.24, 2.45) is 0 Å². The van der Waals surface area contributed by atoms with Crippen LogP contribution in [0.1, 0.15) is 36.7 Å². The minimum absolute atomic E-state index is 0.334. The molecule has 0 atom stereocenters. The second-order valence-corrected chi connectivity index (χ2v) is 4.94. The topological polar surface area (TPSA) is 26.3 Å². The van der Waals surface area contributed by atoms with Crippen molar-refractivity contribution in [2.45, 2.75) is 26.4 Å². The van der Waals surface area contributed by atoms with Crippen molar-refractivity contribution in [1.29, 1.82) is 0 Å². The molecular weight excluding hydrogens is 224 g/mol. The molecule has 0 fully saturated rings. The molecule has 0 N–H and O–H groups in total. The average molecular weight is 239 g/mol. The molecule has 0 aliphatic heterocycles. The molecule has 1 aromatic rings. The number of carbonyl (C=O) groups excluding carboxylic acids is 1. The molecule has 2 nitrogen and oxygen atoms in total. The molecule has 0 aromatic heterocycles. The van der Waals surface area contributed by atoms with Crippen LogP contribution in [0.5, 0.6) is 0 Å². The second-order valence-electron chi connectivity index (χ2n) is 4.48. The molecule has 0 radical (unpaired) electrons. The zero-order chi connectivity index (χ0) is 12.3. The third-order valence-corrected chi connectivity index (χ3v) is 2.05. The van der Waals surface area contributed by atoms with Crippen molar-refractivity contribution in [3.05, 3.63) is 42.0 Å². The first-order chi connectivity index (χ1) is 7.29. The summed E-state index contributed by atoms with van der Waals surface area (Å²) < 4.78 is 5.23. The van der Waals surface area contributed by atoms with Crippen molar-refractivity contribution < 1.29 is 9.53 Å². The van der Waals surface area contributed by atoms with Crippen LogP contribution >= 0.6 is 11.6 Å². The standard InChI is InChI=1S/C13H15ClO2/c1-9(14)10-5-7-11(8-6-10)12(15)16-13(2,3)4/h5-8H,1H2,2-4H3. The van der Waals surface area contributed by atoms with Gasteiger partial charge in [0.05, 0.1) is 5.56 Å². The highest BCUT2D eigenvalue weighted by Gasteiger charge is 2.17. The number of halogens is 1. The second kappa shape index (κ2) is 4.71. The smallest absolute Gasteiger partial charge is 0.338 e. The molecule has 0 aliphatic carbocycles. The summed E-state index contributed by atoms with van der Waals surface area (Å²) in [5, 5.41) is 0.454. The maximum absolute atomic E-state index is 11.7. The molecule has 0 spiro atoms. The molecule has 0 unspecified atom stereocenters. The summed E-state index contributed by atoms with van der Waals surface area (Å²) in [5.74, 6) is -0.334. The van der Waals surface area contributed by atoms with Crippen LogP contribution < -0.4 is 0 Å². The number of benzene rings is 1. The summed E-state index contributed by atoms with van der Waals surface area (Å²) in [6, 6.07) is 6.84. The normalized spacial score (nSPS) is 11.0. The van der Waals surface area contributed by atoms with E-state index in [0.717, 1.165) is 5.56 Å². The van der Waals surface area contributed by atoms with Crippen LogP contribution in [0.15, 0.2) is 30.8 Å². The zero-order valence-corrected chi connectivity index (χ0v) is 10.5. The van der Waals surface area contributed by atoms with E-state index >= 15 is 0 Å². The quantitative estimate of drug-likeness (QED) is 0.732. The summed E-state index contributed by atoms with van der Waals surface area (Å²) in [4.78, 5) is 11.7. The lowest BCUT2D eigenvalue weighted by Gasteiger charge is -2.19. The van der Waals surface area contributed by atoms with E-state index in [4.69, 9.17) is 16.3 Å². The van der Waals surface area contributed by atoms with Gasteiger partial charge in [-0.2, -0.15) is 0 Å². The minimum atomic E-state index is -0.480. The Morgan fingerprint density at radius 2 is 1.62 bits per heavy atom. The van der Waals surface area contributed by atoms with E-state index < -0.39 is 5.60 Å². The van der Waals surface area contributed by atoms with Gasteiger partial charge in [-0.15, -0.1) is 0 Å². The summed E-state index contributed by atoms with van der Waals surface area (Å²) in [6.07, 6.45) is 0. The number of rotatable bonds is 2. The molecule has 0 saturated carbocycles. The average Bonchev–Trinajstić information content (AvgIpc) is 2.15. The summed E-state index contributed by atoms with van der Waals surface area (Å²) in [6.45, 7) is 9.11. The van der Waals surface area contributed by atoms with Gasteiger partial charge in [-0.25, -0.2) is 4.79 Å². The first kappa shape index (κ1) is 12.8. The number of ether oxygens (including phenoxy) is 1. The van der Waals surface area contributed by atoms with Crippen LogP contribution in [-0.2, 0) is 4.74 Å². The largest absolute Gasteiger partial charge is 0.456 e. The molecular formula is C13H15ClO2. The Bertz CT molecular complexity index is 399. The van der Waals surface area contributed by atoms with Gasteiger partial charge in [-0.3, -0.25) is 0 Å². The Balaban J connectivity index is 2.82. The first-order valence-electron chi connectivity index (χ1n) is 4.98. The summed E-state index contributed by atoms with van der Waals surface area (Å²) in [5.41, 5.74) is 0.830. The summed E-state index contributed by atoms with van der Waals surface area (Å²) in [7, 11) is 0. The summed E-state index contributed by atoms with van der Waals surface area (Å²) >= 11 is 5.73. The monoisotopic (exact) mass is 238 g/mol. The number of hydrogen-bond donors (Lipinski definition) is 0. The fraction of sp³-hybridized carbons (Fsp3) is 0.308. The molecule has 1 rings (SSSR count). The van der Waals surface area contributed by atoms with Gasteiger partial charge in [0.25, 0.3) is 0 Å². The first-order valence-corrected chi connectivity index (χ1v) is 5.35. The Hall–Kier alpha value is -1.28. The van der Waals surface area contributed by atoms with Crippen molar-refractivity contribution >= 4 is 22.6 Å². The predicted octanol–water partition coefficient (Wildman–Crippen LogP) is 3.85. The third kappa shape index (κ3) is 3.70. The lowest BCUT2D eigenvalue weighted by Crippen LogP contribution is -2.23. The molecule has 0 saturated heterocycles. The van der Waals surface area contributed by atoms with E-state index in [1.807, 2.05) is 20.8 Å². The molecule has 3 heteroatoms. The van der Waals surface area contributed by atoms with E-state index in [1.54, 1.807) is 24.3 Å². The van der Waals surface area contributed by atoms with Gasteiger partial charge < -0.3 is 4.74 Å². The molecule has 86 valence electrons. The molecule has 0 heterocycles. The van der Waals surface area contributed by atoms with E-state index in [-0.39, 0.29) is 5.97 Å². The lowest BCUT2D eigenvalue weighted by atomic mass is 10.1. The fourth-order valence-electron chi connectivity index (χ4n) is 1.12.